The van der Waals surface area contributed by atoms with Crippen molar-refractivity contribution in [3.8, 4) is 5.75 Å². The Kier molecular flexibility index (Phi) is 9.07. The van der Waals surface area contributed by atoms with Crippen molar-refractivity contribution in [3.05, 3.63) is 71.9 Å². The molecule has 39 heavy (non-hydrogen) atoms. The lowest BCUT2D eigenvalue weighted by atomic mass is 9.95. The number of hydrogen-bond donors (Lipinski definition) is 2. The van der Waals surface area contributed by atoms with Crippen molar-refractivity contribution in [2.24, 2.45) is 11.8 Å². The summed E-state index contributed by atoms with van der Waals surface area (Å²) in [7, 11) is 1.91. The molecule has 2 aromatic rings. The lowest BCUT2D eigenvalue weighted by molar-refractivity contribution is -0.143. The van der Waals surface area contributed by atoms with Crippen molar-refractivity contribution < 1.29 is 19.1 Å². The average Bonchev–Trinajstić information content (AvgIpc) is 3.19. The standard InChI is InChI=1S/C31H40N4O4/c1-6-21(4)26-29(36)32-16-15-22-11-10-14-24(18-22)39-28(23-12-8-7-9-13-23)27(30(37)33-26)35-19-34(5)25(31(35)38)17-20(2)3/h7-16,18,20-21,25-28H,6,17,19H2,1-5H3,(H,32,36)(H,33,37)/t21-,25+,26-,27?,28-/m0/s1. The lowest BCUT2D eigenvalue weighted by Crippen LogP contribution is -2.58. The van der Waals surface area contributed by atoms with Crippen molar-refractivity contribution in [3.63, 3.8) is 0 Å². The first-order valence-corrected chi connectivity index (χ1v) is 13.8. The fourth-order valence-electron chi connectivity index (χ4n) is 5.23. The van der Waals surface area contributed by atoms with E-state index in [9.17, 15) is 14.4 Å². The highest BCUT2D eigenvalue weighted by atomic mass is 16.5. The van der Waals surface area contributed by atoms with Gasteiger partial charge in [0.2, 0.25) is 17.7 Å². The summed E-state index contributed by atoms with van der Waals surface area (Å²) in [6.45, 7) is 8.37. The van der Waals surface area contributed by atoms with E-state index in [1.54, 1.807) is 17.2 Å². The number of amides is 3. The highest BCUT2D eigenvalue weighted by molar-refractivity contribution is 5.94. The zero-order valence-corrected chi connectivity index (χ0v) is 23.5. The summed E-state index contributed by atoms with van der Waals surface area (Å²) < 4.78 is 6.59. The Morgan fingerprint density at radius 3 is 2.44 bits per heavy atom. The van der Waals surface area contributed by atoms with Gasteiger partial charge in [-0.05, 0) is 54.6 Å². The summed E-state index contributed by atoms with van der Waals surface area (Å²) in [6, 6.07) is 14.8. The molecule has 1 fully saturated rings. The van der Waals surface area contributed by atoms with Crippen LogP contribution in [-0.2, 0) is 14.4 Å². The second-order valence-electron chi connectivity index (χ2n) is 11.0. The average molecular weight is 533 g/mol. The third-order valence-corrected chi connectivity index (χ3v) is 7.61. The van der Waals surface area contributed by atoms with Crippen LogP contribution in [0.15, 0.2) is 60.8 Å². The Balaban J connectivity index is 1.85. The molecule has 1 saturated heterocycles. The molecule has 2 heterocycles. The molecule has 8 nitrogen and oxygen atoms in total. The highest BCUT2D eigenvalue weighted by Crippen LogP contribution is 2.33. The Morgan fingerprint density at radius 2 is 1.74 bits per heavy atom. The van der Waals surface area contributed by atoms with Crippen LogP contribution >= 0.6 is 0 Å². The van der Waals surface area contributed by atoms with Crippen LogP contribution in [0.25, 0.3) is 6.08 Å². The van der Waals surface area contributed by atoms with E-state index in [4.69, 9.17) is 4.74 Å². The van der Waals surface area contributed by atoms with Crippen LogP contribution in [0.4, 0.5) is 0 Å². The number of nitrogens with zero attached hydrogens (tertiary/aromatic N) is 2. The fourth-order valence-corrected chi connectivity index (χ4v) is 5.23. The van der Waals surface area contributed by atoms with Gasteiger partial charge in [0.1, 0.15) is 11.8 Å². The first-order valence-electron chi connectivity index (χ1n) is 13.8. The van der Waals surface area contributed by atoms with Crippen LogP contribution in [0.2, 0.25) is 0 Å². The maximum absolute atomic E-state index is 14.3. The second-order valence-corrected chi connectivity index (χ2v) is 11.0. The Morgan fingerprint density at radius 1 is 1.00 bits per heavy atom. The van der Waals surface area contributed by atoms with Crippen molar-refractivity contribution in [2.75, 3.05) is 13.7 Å². The third-order valence-electron chi connectivity index (χ3n) is 7.61. The molecule has 2 bridgehead atoms. The lowest BCUT2D eigenvalue weighted by Gasteiger charge is -2.35. The largest absolute Gasteiger partial charge is 0.483 e. The van der Waals surface area contributed by atoms with Crippen molar-refractivity contribution in [1.29, 1.82) is 0 Å². The minimum Gasteiger partial charge on any atom is -0.483 e. The van der Waals surface area contributed by atoms with Crippen molar-refractivity contribution >= 4 is 23.8 Å². The summed E-state index contributed by atoms with van der Waals surface area (Å²) in [6.07, 6.45) is 3.95. The smallest absolute Gasteiger partial charge is 0.247 e. The molecule has 0 spiro atoms. The van der Waals surface area contributed by atoms with Crippen LogP contribution in [0, 0.1) is 11.8 Å². The first-order chi connectivity index (χ1) is 18.7. The van der Waals surface area contributed by atoms with Gasteiger partial charge in [-0.25, -0.2) is 0 Å². The minimum atomic E-state index is -1.00. The minimum absolute atomic E-state index is 0.111. The van der Waals surface area contributed by atoms with Crippen molar-refractivity contribution in [1.82, 2.24) is 20.4 Å². The fraction of sp³-hybridized carbons (Fsp3) is 0.452. The molecule has 2 aliphatic rings. The zero-order chi connectivity index (χ0) is 28.1. The number of carbonyl (C=O) groups excluding carboxylic acids is 3. The maximum atomic E-state index is 14.3. The van der Waals surface area contributed by atoms with Crippen molar-refractivity contribution in [2.45, 2.75) is 64.8 Å². The molecule has 8 heteroatoms. The van der Waals surface area contributed by atoms with E-state index in [2.05, 4.69) is 24.5 Å². The number of carbonyl (C=O) groups is 3. The van der Waals surface area contributed by atoms with Gasteiger partial charge in [-0.3, -0.25) is 19.3 Å². The van der Waals surface area contributed by atoms with Crippen LogP contribution in [-0.4, -0.2) is 59.4 Å². The molecule has 3 amide bonds. The van der Waals surface area contributed by atoms with Crippen LogP contribution in [0.5, 0.6) is 5.75 Å². The van der Waals surface area contributed by atoms with E-state index in [0.717, 1.165) is 11.1 Å². The molecular formula is C31H40N4O4. The Labute approximate surface area is 231 Å². The Bertz CT molecular complexity index is 1200. The number of nitrogens with one attached hydrogen (secondary N) is 2. The van der Waals surface area contributed by atoms with Gasteiger partial charge in [0.15, 0.2) is 12.1 Å². The SMILES string of the molecule is CC[C@H](C)[C@@H]1NC(=O)C(N2CN(C)[C@H](CC(C)C)C2=O)[C@H](c2ccccc2)Oc2cccc(c2)C=CNC1=O. The van der Waals surface area contributed by atoms with E-state index in [1.165, 1.54) is 0 Å². The molecule has 0 saturated carbocycles. The number of likely N-dealkylation sites (N-methyl/N-ethyl adjacent to an activating group) is 1. The van der Waals surface area contributed by atoms with E-state index in [1.807, 2.05) is 80.4 Å². The summed E-state index contributed by atoms with van der Waals surface area (Å²) in [5, 5.41) is 5.83. The zero-order valence-electron chi connectivity index (χ0n) is 23.5. The molecule has 0 aliphatic carbocycles. The Hall–Kier alpha value is -3.65. The molecule has 2 N–H and O–H groups in total. The second kappa shape index (κ2) is 12.5. The van der Waals surface area contributed by atoms with E-state index in [-0.39, 0.29) is 30.4 Å². The molecular weight excluding hydrogens is 492 g/mol. The van der Waals surface area contributed by atoms with Gasteiger partial charge in [0, 0.05) is 6.20 Å². The van der Waals surface area contributed by atoms with E-state index < -0.39 is 24.1 Å². The summed E-state index contributed by atoms with van der Waals surface area (Å²) in [4.78, 5) is 45.0. The summed E-state index contributed by atoms with van der Waals surface area (Å²) in [5.41, 5.74) is 1.60. The molecule has 0 aromatic heterocycles. The molecule has 0 radical (unpaired) electrons. The number of rotatable bonds is 6. The quantitative estimate of drug-likeness (QED) is 0.588. The predicted molar refractivity (Wildman–Crippen MR) is 151 cm³/mol. The van der Waals surface area contributed by atoms with Crippen LogP contribution < -0.4 is 15.4 Å². The first kappa shape index (κ1) is 28.4. The molecule has 2 aromatic carbocycles. The van der Waals surface area contributed by atoms with Crippen LogP contribution in [0.3, 0.4) is 0 Å². The maximum Gasteiger partial charge on any atom is 0.247 e. The highest BCUT2D eigenvalue weighted by Gasteiger charge is 2.47. The summed E-state index contributed by atoms with van der Waals surface area (Å²) in [5.74, 6) is -0.0914. The van der Waals surface area contributed by atoms with Gasteiger partial charge in [-0.1, -0.05) is 76.6 Å². The van der Waals surface area contributed by atoms with Gasteiger partial charge in [0.25, 0.3) is 0 Å². The van der Waals surface area contributed by atoms with E-state index in [0.29, 0.717) is 24.5 Å². The third kappa shape index (κ3) is 6.50. The molecule has 2 aliphatic heterocycles. The number of benzene rings is 2. The monoisotopic (exact) mass is 532 g/mol. The van der Waals surface area contributed by atoms with Gasteiger partial charge < -0.3 is 20.3 Å². The van der Waals surface area contributed by atoms with E-state index >= 15 is 0 Å². The van der Waals surface area contributed by atoms with Gasteiger partial charge >= 0.3 is 0 Å². The number of ether oxygens (including phenoxy) is 1. The normalized spacial score (nSPS) is 25.3. The van der Waals surface area contributed by atoms with Gasteiger partial charge in [-0.2, -0.15) is 0 Å². The number of fused-ring (bicyclic) bond motifs is 2. The molecule has 5 atom stereocenters. The van der Waals surface area contributed by atoms with Gasteiger partial charge in [0.05, 0.1) is 12.7 Å². The summed E-state index contributed by atoms with van der Waals surface area (Å²) >= 11 is 0. The topological polar surface area (TPSA) is 91.0 Å². The van der Waals surface area contributed by atoms with Crippen LogP contribution in [0.1, 0.15) is 57.8 Å². The molecule has 1 unspecified atom stereocenters. The van der Waals surface area contributed by atoms with Gasteiger partial charge in [-0.15, -0.1) is 0 Å². The molecule has 4 rings (SSSR count). The number of hydrogen-bond acceptors (Lipinski definition) is 5. The predicted octanol–water partition coefficient (Wildman–Crippen LogP) is 3.95. The molecule has 208 valence electrons.